The average molecular weight is 294 g/mol. The van der Waals surface area contributed by atoms with Gasteiger partial charge in [0.1, 0.15) is 18.3 Å². The molecule has 0 aliphatic carbocycles. The summed E-state index contributed by atoms with van der Waals surface area (Å²) in [5.41, 5.74) is 0. The topological polar surface area (TPSA) is 120 Å². The molecule has 19 heavy (non-hydrogen) atoms. The second-order valence-electron chi connectivity index (χ2n) is 4.22. The van der Waals surface area contributed by atoms with Gasteiger partial charge in [0.25, 0.3) is 0 Å². The first-order valence-corrected chi connectivity index (χ1v) is 7.30. The minimum atomic E-state index is -2.10. The summed E-state index contributed by atoms with van der Waals surface area (Å²) < 4.78 is 10.5. The molecule has 3 unspecified atom stereocenters. The largest absolute Gasteiger partial charge is 0.388 e. The zero-order valence-corrected chi connectivity index (χ0v) is 11.2. The molecule has 0 spiro atoms. The Hall–Kier alpha value is -0.290. The molecule has 1 aliphatic rings. The molecule has 0 amide bonds. The maximum absolute atomic E-state index is 9.73. The normalized spacial score (nSPS) is 35.3. The van der Waals surface area contributed by atoms with Crippen LogP contribution in [0.15, 0.2) is 0 Å². The summed E-state index contributed by atoms with van der Waals surface area (Å²) in [6.07, 6.45) is -0.474. The first-order chi connectivity index (χ1) is 8.97. The molecule has 1 saturated heterocycles. The molecular weight excluding hydrogens is 275 g/mol. The lowest BCUT2D eigenvalue weighted by molar-refractivity contribution is -0.296. The van der Waals surface area contributed by atoms with Gasteiger partial charge in [-0.2, -0.15) is 0 Å². The number of hydrogen-bond donors (Lipinski definition) is 5. The highest BCUT2D eigenvalue weighted by atomic mass is 31.2. The van der Waals surface area contributed by atoms with Crippen molar-refractivity contribution in [2.45, 2.75) is 43.5 Å². The summed E-state index contributed by atoms with van der Waals surface area (Å²) in [7, 11) is -2.10. The smallest absolute Gasteiger partial charge is 0.186 e. The molecule has 0 aromatic rings. The third-order valence-corrected chi connectivity index (χ3v) is 3.47. The Kier molecular flexibility index (Phi) is 7.15. The third-order valence-electron chi connectivity index (χ3n) is 2.81. The van der Waals surface area contributed by atoms with E-state index in [1.807, 2.05) is 0 Å². The predicted octanol–water partition coefficient (Wildman–Crippen LogP) is -1.48. The summed E-state index contributed by atoms with van der Waals surface area (Å²) in [5.74, 6) is 2.36. The van der Waals surface area contributed by atoms with Gasteiger partial charge < -0.3 is 34.6 Å². The fourth-order valence-corrected chi connectivity index (χ4v) is 2.26. The molecule has 1 aliphatic heterocycles. The maximum Gasteiger partial charge on any atom is 0.186 e. The van der Waals surface area contributed by atoms with Gasteiger partial charge in [0.2, 0.25) is 0 Å². The molecule has 5 atom stereocenters. The van der Waals surface area contributed by atoms with E-state index in [1.165, 1.54) is 0 Å². The highest BCUT2D eigenvalue weighted by Gasteiger charge is 2.44. The molecule has 7 nitrogen and oxygen atoms in total. The second-order valence-corrected chi connectivity index (χ2v) is 5.42. The highest BCUT2D eigenvalue weighted by Crippen LogP contribution is 2.29. The summed E-state index contributed by atoms with van der Waals surface area (Å²) in [5, 5.41) is 29.1. The van der Waals surface area contributed by atoms with Crippen molar-refractivity contribution in [3.8, 4) is 12.3 Å². The Morgan fingerprint density at radius 1 is 1.16 bits per heavy atom. The molecule has 1 heterocycles. The maximum atomic E-state index is 9.73. The number of aliphatic hydroxyl groups is 3. The van der Waals surface area contributed by atoms with Crippen LogP contribution in [-0.2, 0) is 9.47 Å². The van der Waals surface area contributed by atoms with E-state index in [0.29, 0.717) is 6.42 Å². The van der Waals surface area contributed by atoms with Crippen molar-refractivity contribution < 1.29 is 34.6 Å². The number of rotatable bonds is 6. The van der Waals surface area contributed by atoms with Gasteiger partial charge in [-0.3, -0.25) is 0 Å². The predicted molar refractivity (Wildman–Crippen MR) is 66.9 cm³/mol. The van der Waals surface area contributed by atoms with Gasteiger partial charge in [-0.15, -0.1) is 12.3 Å². The van der Waals surface area contributed by atoms with Gasteiger partial charge in [0.15, 0.2) is 14.7 Å². The van der Waals surface area contributed by atoms with E-state index in [0.717, 1.165) is 0 Å². The van der Waals surface area contributed by atoms with Crippen molar-refractivity contribution in [3.63, 3.8) is 0 Å². The Morgan fingerprint density at radius 3 is 2.42 bits per heavy atom. The second kappa shape index (κ2) is 8.10. The lowest BCUT2D eigenvalue weighted by atomic mass is 9.97. The van der Waals surface area contributed by atoms with E-state index < -0.39 is 39.1 Å². The summed E-state index contributed by atoms with van der Waals surface area (Å²) >= 11 is 0. The van der Waals surface area contributed by atoms with E-state index in [9.17, 15) is 15.3 Å². The molecule has 0 saturated carbocycles. The van der Waals surface area contributed by atoms with Crippen molar-refractivity contribution in [3.05, 3.63) is 0 Å². The van der Waals surface area contributed by atoms with Crippen LogP contribution in [0.3, 0.4) is 0 Å². The fourth-order valence-electron chi connectivity index (χ4n) is 1.77. The van der Waals surface area contributed by atoms with Crippen LogP contribution < -0.4 is 0 Å². The molecule has 1 rings (SSSR count). The third kappa shape index (κ3) is 4.95. The van der Waals surface area contributed by atoms with Crippen LogP contribution in [0.4, 0.5) is 0 Å². The zero-order valence-electron chi connectivity index (χ0n) is 10.3. The van der Waals surface area contributed by atoms with Crippen molar-refractivity contribution in [2.24, 2.45) is 0 Å². The fraction of sp³-hybridized carbons (Fsp3) is 0.818. The molecule has 8 heteroatoms. The quantitative estimate of drug-likeness (QED) is 0.230. The van der Waals surface area contributed by atoms with Crippen LogP contribution in [0.1, 0.15) is 12.8 Å². The number of hydrogen-bond acceptors (Lipinski definition) is 7. The van der Waals surface area contributed by atoms with Crippen LogP contribution in [0.2, 0.25) is 0 Å². The van der Waals surface area contributed by atoms with Gasteiger partial charge in [-0.05, 0) is 6.42 Å². The molecule has 0 aromatic heterocycles. The van der Waals surface area contributed by atoms with Gasteiger partial charge in [-0.1, -0.05) is 0 Å². The van der Waals surface area contributed by atoms with Crippen LogP contribution in [0, 0.1) is 12.3 Å². The lowest BCUT2D eigenvalue weighted by Crippen LogP contribution is -2.58. The van der Waals surface area contributed by atoms with Gasteiger partial charge in [-0.25, -0.2) is 0 Å². The van der Waals surface area contributed by atoms with Crippen LogP contribution in [-0.4, -0.2) is 68.6 Å². The summed E-state index contributed by atoms with van der Waals surface area (Å²) in [6.45, 7) is 0.153. The molecule has 0 aromatic carbocycles. The standard InChI is InChI=1S/C11H19O7P/c1-2-3-5-17-11-10(14)9(13)8(12)7(18-11)4-6-19(15)16/h1,7-16H,3-6H2/t7?,8-,9?,10?,11+/m1/s1. The lowest BCUT2D eigenvalue weighted by Gasteiger charge is -2.40. The monoisotopic (exact) mass is 294 g/mol. The number of terminal acetylenes is 1. The highest BCUT2D eigenvalue weighted by molar-refractivity contribution is 7.45. The molecule has 110 valence electrons. The van der Waals surface area contributed by atoms with Crippen LogP contribution in [0.5, 0.6) is 0 Å². The SMILES string of the molecule is C#CCCO[C@H]1OC(CCP(O)O)[C@@H](O)C(O)C1O. The van der Waals surface area contributed by atoms with Crippen molar-refractivity contribution >= 4 is 8.38 Å². The van der Waals surface area contributed by atoms with E-state index in [4.69, 9.17) is 25.7 Å². The minimum Gasteiger partial charge on any atom is -0.388 e. The van der Waals surface area contributed by atoms with Gasteiger partial charge in [0.05, 0.1) is 12.7 Å². The Balaban J connectivity index is 2.55. The number of aliphatic hydroxyl groups excluding tert-OH is 3. The van der Waals surface area contributed by atoms with Crippen molar-refractivity contribution in [1.82, 2.24) is 0 Å². The zero-order chi connectivity index (χ0) is 14.4. The van der Waals surface area contributed by atoms with E-state index >= 15 is 0 Å². The first kappa shape index (κ1) is 16.8. The summed E-state index contributed by atoms with van der Waals surface area (Å²) in [4.78, 5) is 17.7. The van der Waals surface area contributed by atoms with Gasteiger partial charge in [0, 0.05) is 12.6 Å². The average Bonchev–Trinajstić information content (AvgIpc) is 2.37. The van der Waals surface area contributed by atoms with Crippen LogP contribution >= 0.6 is 8.38 Å². The number of ether oxygens (including phenoxy) is 2. The molecular formula is C11H19O7P. The molecule has 0 radical (unpaired) electrons. The van der Waals surface area contributed by atoms with E-state index in [-0.39, 0.29) is 19.2 Å². The molecule has 0 bridgehead atoms. The Labute approximate surface area is 112 Å². The van der Waals surface area contributed by atoms with E-state index in [2.05, 4.69) is 5.92 Å². The molecule has 5 N–H and O–H groups in total. The minimum absolute atomic E-state index is 0.0386. The molecule has 1 fully saturated rings. The Bertz CT molecular complexity index is 306. The van der Waals surface area contributed by atoms with Crippen LogP contribution in [0.25, 0.3) is 0 Å². The Morgan fingerprint density at radius 2 is 1.84 bits per heavy atom. The van der Waals surface area contributed by atoms with Crippen molar-refractivity contribution in [2.75, 3.05) is 12.8 Å². The summed E-state index contributed by atoms with van der Waals surface area (Å²) in [6, 6.07) is 0. The van der Waals surface area contributed by atoms with E-state index in [1.54, 1.807) is 0 Å². The van der Waals surface area contributed by atoms with Gasteiger partial charge >= 0.3 is 0 Å². The van der Waals surface area contributed by atoms with Crippen molar-refractivity contribution in [1.29, 1.82) is 0 Å². The first-order valence-electron chi connectivity index (χ1n) is 5.87.